The molecule has 98 valence electrons. The molecule has 0 radical (unpaired) electrons. The van der Waals surface area contributed by atoms with Crippen molar-refractivity contribution in [1.29, 1.82) is 0 Å². The van der Waals surface area contributed by atoms with Crippen molar-refractivity contribution in [1.82, 2.24) is 10.2 Å². The molecule has 0 unspecified atom stereocenters. The number of nitrogens with one attached hydrogen (secondary N) is 1. The van der Waals surface area contributed by atoms with Gasteiger partial charge in [0.05, 0.1) is 0 Å². The van der Waals surface area contributed by atoms with Crippen molar-refractivity contribution >= 4 is 0 Å². The number of nitrogens with zero attached hydrogens (tertiary/aromatic N) is 1. The van der Waals surface area contributed by atoms with Crippen LogP contribution in [0.4, 0.5) is 4.39 Å². The van der Waals surface area contributed by atoms with Gasteiger partial charge in [-0.25, -0.2) is 4.39 Å². The van der Waals surface area contributed by atoms with Crippen LogP contribution in [0.5, 0.6) is 0 Å². The van der Waals surface area contributed by atoms with Gasteiger partial charge in [-0.15, -0.1) is 0 Å². The van der Waals surface area contributed by atoms with Gasteiger partial charge in [0, 0.05) is 19.1 Å². The molecule has 2 atom stereocenters. The number of benzene rings is 1. The second-order valence-corrected chi connectivity index (χ2v) is 5.61. The molecule has 2 nitrogen and oxygen atoms in total. The van der Waals surface area contributed by atoms with Gasteiger partial charge in [-0.1, -0.05) is 12.1 Å². The Morgan fingerprint density at radius 2 is 2.06 bits per heavy atom. The zero-order valence-electron chi connectivity index (χ0n) is 10.7. The Hall–Kier alpha value is -0.930. The normalized spacial score (nSPS) is 28.9. The number of hydrogen-bond donors (Lipinski definition) is 1. The zero-order valence-corrected chi connectivity index (χ0v) is 10.7. The molecular weight excluding hydrogens is 227 g/mol. The summed E-state index contributed by atoms with van der Waals surface area (Å²) in [4.78, 5) is 2.52. The minimum absolute atomic E-state index is 0.145. The molecule has 0 aromatic heterocycles. The molecule has 0 amide bonds. The van der Waals surface area contributed by atoms with Crippen molar-refractivity contribution in [3.63, 3.8) is 0 Å². The second-order valence-electron chi connectivity index (χ2n) is 5.61. The molecule has 0 bridgehead atoms. The van der Waals surface area contributed by atoms with Gasteiger partial charge in [0.1, 0.15) is 5.82 Å². The highest BCUT2D eigenvalue weighted by Crippen LogP contribution is 2.25. The van der Waals surface area contributed by atoms with Crippen LogP contribution in [0.2, 0.25) is 0 Å². The van der Waals surface area contributed by atoms with E-state index in [0.717, 1.165) is 25.0 Å². The predicted molar refractivity (Wildman–Crippen MR) is 70.8 cm³/mol. The zero-order chi connectivity index (χ0) is 12.4. The number of piperidine rings is 2. The Bertz CT molecular complexity index is 390. The van der Waals surface area contributed by atoms with Gasteiger partial charge < -0.3 is 5.32 Å². The van der Waals surface area contributed by atoms with Gasteiger partial charge in [-0.2, -0.15) is 0 Å². The topological polar surface area (TPSA) is 15.3 Å². The fourth-order valence-electron chi connectivity index (χ4n) is 3.31. The van der Waals surface area contributed by atoms with Gasteiger partial charge in [0.15, 0.2) is 0 Å². The third-order valence-corrected chi connectivity index (χ3v) is 4.30. The molecular formula is C15H21FN2. The Kier molecular flexibility index (Phi) is 3.62. The summed E-state index contributed by atoms with van der Waals surface area (Å²) in [7, 11) is 0. The lowest BCUT2D eigenvalue weighted by atomic mass is 9.85. The Morgan fingerprint density at radius 3 is 2.89 bits per heavy atom. The van der Waals surface area contributed by atoms with Gasteiger partial charge in [0.25, 0.3) is 0 Å². The molecule has 1 aromatic carbocycles. The van der Waals surface area contributed by atoms with Crippen LogP contribution >= 0.6 is 0 Å². The van der Waals surface area contributed by atoms with Crippen LogP contribution in [-0.2, 0) is 6.54 Å². The minimum Gasteiger partial charge on any atom is -0.314 e. The highest BCUT2D eigenvalue weighted by atomic mass is 19.1. The van der Waals surface area contributed by atoms with Gasteiger partial charge >= 0.3 is 0 Å². The summed E-state index contributed by atoms with van der Waals surface area (Å²) in [6, 6.07) is 7.67. The van der Waals surface area contributed by atoms with E-state index in [2.05, 4.69) is 10.2 Å². The average Bonchev–Trinajstić information content (AvgIpc) is 2.41. The largest absolute Gasteiger partial charge is 0.314 e. The van der Waals surface area contributed by atoms with Gasteiger partial charge in [-0.3, -0.25) is 4.90 Å². The van der Waals surface area contributed by atoms with Crippen molar-refractivity contribution in [3.8, 4) is 0 Å². The van der Waals surface area contributed by atoms with Crippen LogP contribution in [0.15, 0.2) is 24.3 Å². The fourth-order valence-corrected chi connectivity index (χ4v) is 3.31. The van der Waals surface area contributed by atoms with E-state index in [-0.39, 0.29) is 5.82 Å². The molecule has 2 heterocycles. The van der Waals surface area contributed by atoms with Crippen LogP contribution in [-0.4, -0.2) is 30.6 Å². The maximum atomic E-state index is 12.9. The van der Waals surface area contributed by atoms with E-state index in [1.807, 2.05) is 12.1 Å². The Balaban J connectivity index is 1.59. The lowest BCUT2D eigenvalue weighted by molar-refractivity contribution is 0.109. The molecule has 2 aliphatic heterocycles. The first-order chi connectivity index (χ1) is 8.81. The van der Waals surface area contributed by atoms with Crippen molar-refractivity contribution in [2.45, 2.75) is 31.8 Å². The van der Waals surface area contributed by atoms with E-state index in [1.54, 1.807) is 12.1 Å². The van der Waals surface area contributed by atoms with E-state index < -0.39 is 0 Å². The lowest BCUT2D eigenvalue weighted by Crippen LogP contribution is -2.51. The number of fused-ring (bicyclic) bond motifs is 1. The lowest BCUT2D eigenvalue weighted by Gasteiger charge is -2.41. The molecule has 0 saturated carbocycles. The summed E-state index contributed by atoms with van der Waals surface area (Å²) in [5, 5.41) is 3.64. The first-order valence-electron chi connectivity index (χ1n) is 7.01. The smallest absolute Gasteiger partial charge is 0.123 e. The summed E-state index contributed by atoms with van der Waals surface area (Å²) < 4.78 is 12.9. The van der Waals surface area contributed by atoms with E-state index in [9.17, 15) is 4.39 Å². The SMILES string of the molecule is Fc1ccc(CN2CC[C@@H]3NCCC[C@H]3C2)cc1. The molecule has 18 heavy (non-hydrogen) atoms. The van der Waals surface area contributed by atoms with E-state index in [0.29, 0.717) is 0 Å². The van der Waals surface area contributed by atoms with E-state index >= 15 is 0 Å². The van der Waals surface area contributed by atoms with Crippen LogP contribution in [0, 0.1) is 11.7 Å². The number of halogens is 1. The van der Waals surface area contributed by atoms with Crippen molar-refractivity contribution < 1.29 is 4.39 Å². The third-order valence-electron chi connectivity index (χ3n) is 4.30. The third kappa shape index (κ3) is 2.73. The van der Waals surface area contributed by atoms with E-state index in [4.69, 9.17) is 0 Å². The summed E-state index contributed by atoms with van der Waals surface area (Å²) in [5.74, 6) is 0.668. The summed E-state index contributed by atoms with van der Waals surface area (Å²) in [5.41, 5.74) is 1.22. The highest BCUT2D eigenvalue weighted by molar-refractivity contribution is 5.16. The fraction of sp³-hybridized carbons (Fsp3) is 0.600. The molecule has 3 rings (SSSR count). The van der Waals surface area contributed by atoms with Crippen molar-refractivity contribution in [3.05, 3.63) is 35.6 Å². The average molecular weight is 248 g/mol. The monoisotopic (exact) mass is 248 g/mol. The number of likely N-dealkylation sites (tertiary alicyclic amines) is 1. The van der Waals surface area contributed by atoms with Crippen LogP contribution in [0.25, 0.3) is 0 Å². The first kappa shape index (κ1) is 12.1. The Labute approximate surface area is 108 Å². The maximum Gasteiger partial charge on any atom is 0.123 e. The second kappa shape index (κ2) is 5.37. The molecule has 0 spiro atoms. The van der Waals surface area contributed by atoms with Crippen molar-refractivity contribution in [2.75, 3.05) is 19.6 Å². The van der Waals surface area contributed by atoms with E-state index in [1.165, 1.54) is 37.9 Å². The molecule has 3 heteroatoms. The number of hydrogen-bond acceptors (Lipinski definition) is 2. The standard InChI is InChI=1S/C15H21FN2/c16-14-5-3-12(4-6-14)10-18-9-7-15-13(11-18)2-1-8-17-15/h3-6,13,15,17H,1-2,7-11H2/t13-,15-/m0/s1. The first-order valence-corrected chi connectivity index (χ1v) is 7.01. The molecule has 1 aromatic rings. The van der Waals surface area contributed by atoms with Crippen LogP contribution in [0.3, 0.4) is 0 Å². The number of rotatable bonds is 2. The maximum absolute atomic E-state index is 12.9. The van der Waals surface area contributed by atoms with Gasteiger partial charge in [-0.05, 0) is 56.0 Å². The molecule has 1 N–H and O–H groups in total. The predicted octanol–water partition coefficient (Wildman–Crippen LogP) is 2.40. The molecule has 0 aliphatic carbocycles. The quantitative estimate of drug-likeness (QED) is 0.864. The van der Waals surface area contributed by atoms with Crippen LogP contribution in [0.1, 0.15) is 24.8 Å². The van der Waals surface area contributed by atoms with Crippen molar-refractivity contribution in [2.24, 2.45) is 5.92 Å². The van der Waals surface area contributed by atoms with Gasteiger partial charge in [0.2, 0.25) is 0 Å². The molecule has 2 aliphatic rings. The summed E-state index contributed by atoms with van der Waals surface area (Å²) >= 11 is 0. The molecule has 2 fully saturated rings. The summed E-state index contributed by atoms with van der Waals surface area (Å²) in [6.45, 7) is 4.50. The Morgan fingerprint density at radius 1 is 1.22 bits per heavy atom. The van der Waals surface area contributed by atoms with Crippen LogP contribution < -0.4 is 5.32 Å². The highest BCUT2D eigenvalue weighted by Gasteiger charge is 2.30. The minimum atomic E-state index is -0.145. The summed E-state index contributed by atoms with van der Waals surface area (Å²) in [6.07, 6.45) is 3.93. The molecule has 2 saturated heterocycles.